The minimum absolute atomic E-state index is 0.0398. The van der Waals surface area contributed by atoms with Crippen LogP contribution < -0.4 is 5.32 Å². The van der Waals surface area contributed by atoms with Crippen LogP contribution in [-0.4, -0.2) is 10.9 Å². The predicted octanol–water partition coefficient (Wildman–Crippen LogP) is 5.11. The number of aromatic nitrogens is 1. The van der Waals surface area contributed by atoms with Crippen LogP contribution in [0.3, 0.4) is 0 Å². The Kier molecular flexibility index (Phi) is 6.56. The number of halogens is 1. The molecule has 1 aromatic heterocycles. The van der Waals surface area contributed by atoms with Gasteiger partial charge in [0.25, 0.3) is 5.91 Å². The average molecular weight is 422 g/mol. The monoisotopic (exact) mass is 421 g/mol. The Balaban J connectivity index is 1.87. The van der Waals surface area contributed by atoms with E-state index < -0.39 is 0 Å². The summed E-state index contributed by atoms with van der Waals surface area (Å²) >= 11 is 3.30. The molecule has 0 unspecified atom stereocenters. The van der Waals surface area contributed by atoms with Gasteiger partial charge in [-0.2, -0.15) is 5.26 Å². The molecule has 4 nitrogen and oxygen atoms in total. The number of amides is 1. The molecular formula is C22H20BrN3O. The van der Waals surface area contributed by atoms with Crippen LogP contribution in [0.1, 0.15) is 43.0 Å². The van der Waals surface area contributed by atoms with Crippen molar-refractivity contribution >= 4 is 27.9 Å². The van der Waals surface area contributed by atoms with Crippen molar-refractivity contribution < 1.29 is 4.79 Å². The minimum atomic E-state index is -0.389. The van der Waals surface area contributed by atoms with Crippen molar-refractivity contribution in [1.29, 1.82) is 5.26 Å². The molecule has 1 aromatic carbocycles. The van der Waals surface area contributed by atoms with E-state index in [9.17, 15) is 10.1 Å². The first-order chi connectivity index (χ1) is 13.2. The lowest BCUT2D eigenvalue weighted by Gasteiger charge is -2.25. The van der Waals surface area contributed by atoms with Gasteiger partial charge in [-0.15, -0.1) is 0 Å². The number of nitrogens with zero attached hydrogens (tertiary/aromatic N) is 2. The van der Waals surface area contributed by atoms with Crippen molar-refractivity contribution in [3.63, 3.8) is 0 Å². The number of allylic oxidation sites excluding steroid dienone is 1. The number of carbonyl (C=O) groups excluding carboxylic acids is 1. The van der Waals surface area contributed by atoms with Crippen LogP contribution in [0.4, 0.5) is 0 Å². The first kappa shape index (κ1) is 19.1. The smallest absolute Gasteiger partial charge is 0.262 e. The van der Waals surface area contributed by atoms with E-state index in [-0.39, 0.29) is 17.5 Å². The molecule has 0 radical (unpaired) electrons. The number of hydrogen-bond acceptors (Lipinski definition) is 3. The lowest BCUT2D eigenvalue weighted by Crippen LogP contribution is -2.31. The standard InChI is InChI=1S/C22H20BrN3O/c23-20-13-7-12-19(25-20)14-18(15-24)22(27)26-21(16-8-3-1-4-9-16)17-10-5-2-6-11-17/h1,3-4,7-10,12-14,21H,2,5-6,11H2,(H,26,27)/b18-14+/t21-/m1/s1. The molecule has 1 atom stereocenters. The van der Waals surface area contributed by atoms with Gasteiger partial charge < -0.3 is 5.32 Å². The summed E-state index contributed by atoms with van der Waals surface area (Å²) in [4.78, 5) is 17.1. The first-order valence-electron chi connectivity index (χ1n) is 8.96. The molecule has 3 rings (SSSR count). The predicted molar refractivity (Wildman–Crippen MR) is 109 cm³/mol. The molecular weight excluding hydrogens is 402 g/mol. The molecule has 1 N–H and O–H groups in total. The average Bonchev–Trinajstić information content (AvgIpc) is 2.71. The summed E-state index contributed by atoms with van der Waals surface area (Å²) in [5.41, 5.74) is 2.83. The SMILES string of the molecule is N#C/C(=C\c1cccc(Br)n1)C(=O)N[C@@H](C1=CCCCC1)c1ccccc1. The number of benzene rings is 1. The second-order valence-corrected chi connectivity index (χ2v) is 7.21. The minimum Gasteiger partial charge on any atom is -0.341 e. The Bertz CT molecular complexity index is 913. The van der Waals surface area contributed by atoms with Gasteiger partial charge in [0.1, 0.15) is 16.2 Å². The zero-order valence-electron chi connectivity index (χ0n) is 14.9. The molecule has 27 heavy (non-hydrogen) atoms. The van der Waals surface area contributed by atoms with Gasteiger partial charge in [-0.1, -0.05) is 42.5 Å². The van der Waals surface area contributed by atoms with E-state index in [2.05, 4.69) is 32.3 Å². The highest BCUT2D eigenvalue weighted by molar-refractivity contribution is 9.10. The number of nitriles is 1. The molecule has 136 valence electrons. The van der Waals surface area contributed by atoms with Crippen LogP contribution in [0, 0.1) is 11.3 Å². The molecule has 1 heterocycles. The fourth-order valence-corrected chi connectivity index (χ4v) is 3.53. The van der Waals surface area contributed by atoms with Crippen LogP contribution in [0.25, 0.3) is 6.08 Å². The second-order valence-electron chi connectivity index (χ2n) is 6.40. The highest BCUT2D eigenvalue weighted by Crippen LogP contribution is 2.30. The van der Waals surface area contributed by atoms with Crippen molar-refractivity contribution in [1.82, 2.24) is 10.3 Å². The van der Waals surface area contributed by atoms with Gasteiger partial charge in [-0.05, 0) is 71.0 Å². The van der Waals surface area contributed by atoms with Gasteiger partial charge >= 0.3 is 0 Å². The van der Waals surface area contributed by atoms with Crippen molar-refractivity contribution in [3.8, 4) is 6.07 Å². The number of rotatable bonds is 5. The lowest BCUT2D eigenvalue weighted by atomic mass is 9.89. The zero-order chi connectivity index (χ0) is 19.1. The summed E-state index contributed by atoms with van der Waals surface area (Å²) in [5, 5.41) is 12.5. The maximum Gasteiger partial charge on any atom is 0.262 e. The van der Waals surface area contributed by atoms with E-state index in [1.54, 1.807) is 12.1 Å². The van der Waals surface area contributed by atoms with Gasteiger partial charge in [0, 0.05) is 0 Å². The Morgan fingerprint density at radius 1 is 1.19 bits per heavy atom. The van der Waals surface area contributed by atoms with Crippen LogP contribution in [-0.2, 0) is 4.79 Å². The summed E-state index contributed by atoms with van der Waals surface area (Å²) in [6.07, 6.45) is 8.01. The number of pyridine rings is 1. The Hall–Kier alpha value is -2.71. The molecule has 0 fully saturated rings. The van der Waals surface area contributed by atoms with Gasteiger partial charge in [0.05, 0.1) is 11.7 Å². The largest absolute Gasteiger partial charge is 0.341 e. The third-order valence-corrected chi connectivity index (χ3v) is 4.94. The van der Waals surface area contributed by atoms with Gasteiger partial charge in [0.15, 0.2) is 0 Å². The molecule has 1 aliphatic rings. The van der Waals surface area contributed by atoms with Gasteiger partial charge in [-0.3, -0.25) is 4.79 Å². The Morgan fingerprint density at radius 2 is 2.00 bits per heavy atom. The van der Waals surface area contributed by atoms with Crippen LogP contribution in [0.15, 0.2) is 70.4 Å². The molecule has 0 spiro atoms. The molecule has 0 bridgehead atoms. The molecule has 0 aliphatic heterocycles. The maximum absolute atomic E-state index is 12.8. The number of hydrogen-bond donors (Lipinski definition) is 1. The van der Waals surface area contributed by atoms with E-state index >= 15 is 0 Å². The van der Waals surface area contributed by atoms with Crippen LogP contribution in [0.5, 0.6) is 0 Å². The summed E-state index contributed by atoms with van der Waals surface area (Å²) < 4.78 is 0.656. The Labute approximate surface area is 167 Å². The summed E-state index contributed by atoms with van der Waals surface area (Å²) in [6, 6.07) is 17.0. The molecule has 1 amide bonds. The normalized spacial score (nSPS) is 15.4. The highest BCUT2D eigenvalue weighted by Gasteiger charge is 2.22. The van der Waals surface area contributed by atoms with E-state index in [1.807, 2.05) is 42.5 Å². The van der Waals surface area contributed by atoms with Gasteiger partial charge in [-0.25, -0.2) is 4.98 Å². The van der Waals surface area contributed by atoms with Crippen molar-refractivity contribution in [2.45, 2.75) is 31.7 Å². The van der Waals surface area contributed by atoms with E-state index in [0.717, 1.165) is 24.8 Å². The van der Waals surface area contributed by atoms with E-state index in [0.29, 0.717) is 10.3 Å². The van der Waals surface area contributed by atoms with Crippen LogP contribution in [0.2, 0.25) is 0 Å². The van der Waals surface area contributed by atoms with Gasteiger partial charge in [0.2, 0.25) is 0 Å². The molecule has 5 heteroatoms. The summed E-state index contributed by atoms with van der Waals surface area (Å²) in [5.74, 6) is -0.389. The second kappa shape index (κ2) is 9.29. The third-order valence-electron chi connectivity index (χ3n) is 4.50. The van der Waals surface area contributed by atoms with E-state index in [4.69, 9.17) is 0 Å². The molecule has 0 saturated heterocycles. The fourth-order valence-electron chi connectivity index (χ4n) is 3.17. The molecule has 2 aromatic rings. The molecule has 0 saturated carbocycles. The summed E-state index contributed by atoms with van der Waals surface area (Å²) in [7, 11) is 0. The van der Waals surface area contributed by atoms with Crippen molar-refractivity contribution in [2.24, 2.45) is 0 Å². The lowest BCUT2D eigenvalue weighted by molar-refractivity contribution is -0.117. The highest BCUT2D eigenvalue weighted by atomic mass is 79.9. The maximum atomic E-state index is 12.8. The first-order valence-corrected chi connectivity index (χ1v) is 9.76. The zero-order valence-corrected chi connectivity index (χ0v) is 16.4. The van der Waals surface area contributed by atoms with E-state index in [1.165, 1.54) is 18.1 Å². The summed E-state index contributed by atoms with van der Waals surface area (Å²) in [6.45, 7) is 0. The number of nitrogens with one attached hydrogen (secondary N) is 1. The quantitative estimate of drug-likeness (QED) is 0.315. The fraction of sp³-hybridized carbons (Fsp3) is 0.227. The number of carbonyl (C=O) groups is 1. The van der Waals surface area contributed by atoms with Crippen LogP contribution >= 0.6 is 15.9 Å². The third kappa shape index (κ3) is 5.15. The van der Waals surface area contributed by atoms with Crippen molar-refractivity contribution in [2.75, 3.05) is 0 Å². The topological polar surface area (TPSA) is 65.8 Å². The Morgan fingerprint density at radius 3 is 2.67 bits per heavy atom. The molecule has 1 aliphatic carbocycles. The van der Waals surface area contributed by atoms with Crippen molar-refractivity contribution in [3.05, 3.63) is 81.6 Å².